The van der Waals surface area contributed by atoms with Crippen LogP contribution in [-0.2, 0) is 29.5 Å². The number of amides is 1. The van der Waals surface area contributed by atoms with Gasteiger partial charge in [-0.3, -0.25) is 4.90 Å². The number of benzene rings is 2. The molecule has 0 aliphatic heterocycles. The fourth-order valence-corrected chi connectivity index (χ4v) is 5.44. The highest BCUT2D eigenvalue weighted by Crippen LogP contribution is 2.31. The summed E-state index contributed by atoms with van der Waals surface area (Å²) in [4.78, 5) is 18.8. The van der Waals surface area contributed by atoms with Crippen molar-refractivity contribution in [1.29, 1.82) is 0 Å². The van der Waals surface area contributed by atoms with E-state index in [4.69, 9.17) is 4.98 Å². The summed E-state index contributed by atoms with van der Waals surface area (Å²) in [5, 5.41) is 10.4. The summed E-state index contributed by atoms with van der Waals surface area (Å²) in [6, 6.07) is 16.4. The summed E-state index contributed by atoms with van der Waals surface area (Å²) in [5.74, 6) is 0.194. The molecule has 8 nitrogen and oxygen atoms in total. The number of carbonyl (C=O) groups is 1. The van der Waals surface area contributed by atoms with Gasteiger partial charge in [-0.25, -0.2) is 13.8 Å². The molecule has 38 heavy (non-hydrogen) atoms. The molecule has 3 rings (SSSR count). The summed E-state index contributed by atoms with van der Waals surface area (Å²) in [5.41, 5.74) is 2.39. The molecule has 1 amide bonds. The molecule has 1 heterocycles. The maximum Gasteiger partial charge on any atom is 0.407 e. The second-order valence-corrected chi connectivity index (χ2v) is 13.4. The van der Waals surface area contributed by atoms with Crippen molar-refractivity contribution in [2.75, 3.05) is 20.6 Å². The lowest BCUT2D eigenvalue weighted by Gasteiger charge is -2.30. The predicted octanol–water partition coefficient (Wildman–Crippen LogP) is 5.79. The molecule has 10 heteroatoms. The number of aromatic nitrogens is 2. The number of carboxylic acid groups (broad SMARTS) is 1. The van der Waals surface area contributed by atoms with Crippen LogP contribution in [0.4, 0.5) is 4.79 Å². The van der Waals surface area contributed by atoms with E-state index in [0.717, 1.165) is 30.3 Å². The van der Waals surface area contributed by atoms with E-state index in [1.54, 1.807) is 6.20 Å². The summed E-state index contributed by atoms with van der Waals surface area (Å²) >= 11 is 3.45. The molecule has 1 N–H and O–H groups in total. The van der Waals surface area contributed by atoms with Crippen molar-refractivity contribution >= 4 is 32.2 Å². The van der Waals surface area contributed by atoms with E-state index in [1.165, 1.54) is 19.0 Å². The normalized spacial score (nSPS) is 13.0. The van der Waals surface area contributed by atoms with Gasteiger partial charge < -0.3 is 5.11 Å². The fraction of sp³-hybridized carbons (Fsp3) is 0.429. The Bertz CT molecular complexity index is 1320. The third kappa shape index (κ3) is 7.45. The minimum Gasteiger partial charge on any atom is -0.465 e. The van der Waals surface area contributed by atoms with Gasteiger partial charge in [0.2, 0.25) is 0 Å². The van der Waals surface area contributed by atoms with E-state index in [9.17, 15) is 18.3 Å². The highest BCUT2D eigenvalue weighted by Gasteiger charge is 2.34. The summed E-state index contributed by atoms with van der Waals surface area (Å²) in [7, 11) is -1.04. The Labute approximate surface area is 234 Å². The topological polar surface area (TPSA) is 95.7 Å². The van der Waals surface area contributed by atoms with Gasteiger partial charge in [0.15, 0.2) is 0 Å². The van der Waals surface area contributed by atoms with Gasteiger partial charge >= 0.3 is 16.3 Å². The monoisotopic (exact) mass is 604 g/mol. The van der Waals surface area contributed by atoms with Gasteiger partial charge in [-0.2, -0.15) is 12.7 Å². The molecule has 0 fully saturated rings. The highest BCUT2D eigenvalue weighted by atomic mass is 79.9. The molecule has 0 aliphatic carbocycles. The second-order valence-electron chi connectivity index (χ2n) is 10.4. The van der Waals surface area contributed by atoms with Crippen LogP contribution in [0.1, 0.15) is 55.9 Å². The summed E-state index contributed by atoms with van der Waals surface area (Å²) < 4.78 is 30.1. The molecule has 0 radical (unpaired) electrons. The first-order chi connectivity index (χ1) is 17.8. The number of hydrogen-bond acceptors (Lipinski definition) is 4. The van der Waals surface area contributed by atoms with Crippen molar-refractivity contribution in [3.8, 4) is 0 Å². The average Bonchev–Trinajstić information content (AvgIpc) is 3.28. The van der Waals surface area contributed by atoms with E-state index < -0.39 is 22.3 Å². The summed E-state index contributed by atoms with van der Waals surface area (Å²) in [6.07, 6.45) is 2.63. The van der Waals surface area contributed by atoms with Crippen LogP contribution in [0.15, 0.2) is 65.3 Å². The van der Waals surface area contributed by atoms with Crippen molar-refractivity contribution in [1.82, 2.24) is 18.2 Å². The molecule has 0 bridgehead atoms. The lowest BCUT2D eigenvalue weighted by Crippen LogP contribution is -2.39. The maximum atomic E-state index is 13.5. The third-order valence-electron chi connectivity index (χ3n) is 6.82. The quantitative estimate of drug-likeness (QED) is 0.282. The van der Waals surface area contributed by atoms with Crippen LogP contribution < -0.4 is 0 Å². The maximum absolute atomic E-state index is 13.5. The first-order valence-corrected chi connectivity index (χ1v) is 14.8. The Hall–Kier alpha value is -2.69. The minimum atomic E-state index is -3.96. The van der Waals surface area contributed by atoms with Crippen LogP contribution in [0.25, 0.3) is 0 Å². The van der Waals surface area contributed by atoms with Crippen LogP contribution in [0, 0.1) is 5.41 Å². The van der Waals surface area contributed by atoms with Crippen LogP contribution in [-0.4, -0.2) is 58.4 Å². The molecule has 0 saturated carbocycles. The molecular weight excluding hydrogens is 568 g/mol. The van der Waals surface area contributed by atoms with Crippen molar-refractivity contribution in [2.24, 2.45) is 5.41 Å². The molecular formula is C28H37BrN4O4S. The van der Waals surface area contributed by atoms with Crippen molar-refractivity contribution in [3.63, 3.8) is 0 Å². The van der Waals surface area contributed by atoms with Gasteiger partial charge in [-0.1, -0.05) is 85.6 Å². The van der Waals surface area contributed by atoms with Crippen LogP contribution >= 0.6 is 15.9 Å². The van der Waals surface area contributed by atoms with Crippen LogP contribution in [0.5, 0.6) is 0 Å². The smallest absolute Gasteiger partial charge is 0.407 e. The Kier molecular flexibility index (Phi) is 9.78. The fourth-order valence-electron chi connectivity index (χ4n) is 4.17. The number of halogens is 1. The van der Waals surface area contributed by atoms with Crippen LogP contribution in [0.2, 0.25) is 0 Å². The van der Waals surface area contributed by atoms with E-state index in [-0.39, 0.29) is 24.2 Å². The Balaban J connectivity index is 2.15. The Morgan fingerprint density at radius 2 is 1.71 bits per heavy atom. The number of rotatable bonds is 12. The van der Waals surface area contributed by atoms with Gasteiger partial charge in [0, 0.05) is 37.7 Å². The molecule has 3 aromatic rings. The lowest BCUT2D eigenvalue weighted by atomic mass is 9.85. The van der Waals surface area contributed by atoms with Gasteiger partial charge in [0.1, 0.15) is 5.82 Å². The second kappa shape index (κ2) is 12.4. The van der Waals surface area contributed by atoms with Gasteiger partial charge in [-0.05, 0) is 41.5 Å². The summed E-state index contributed by atoms with van der Waals surface area (Å²) in [6.45, 7) is 6.48. The Morgan fingerprint density at radius 1 is 1.08 bits per heavy atom. The molecule has 206 valence electrons. The molecule has 0 spiro atoms. The standard InChI is InChI=1S/C28H37BrN4O4S/c1-6-28(2,3)19-24-20-33(38(36,37)31(4)5)26(30-24)25(18-22-12-14-23(29)15-13-22)32(27(34)35)17-16-21-10-8-7-9-11-21/h7-15,20,25H,6,16-19H2,1-5H3,(H,34,35). The molecule has 0 aliphatic rings. The molecule has 1 atom stereocenters. The zero-order valence-corrected chi connectivity index (χ0v) is 25.0. The van der Waals surface area contributed by atoms with Gasteiger partial charge in [0.25, 0.3) is 0 Å². The number of hydrogen-bond donors (Lipinski definition) is 1. The van der Waals surface area contributed by atoms with Crippen molar-refractivity contribution in [3.05, 3.63) is 87.9 Å². The van der Waals surface area contributed by atoms with E-state index >= 15 is 0 Å². The SMILES string of the molecule is CCC(C)(C)Cc1cn(S(=O)(=O)N(C)C)c(C(Cc2ccc(Br)cc2)N(CCc2ccccc2)C(=O)O)n1. The largest absolute Gasteiger partial charge is 0.465 e. The average molecular weight is 606 g/mol. The minimum absolute atomic E-state index is 0.0979. The Morgan fingerprint density at radius 3 is 2.26 bits per heavy atom. The lowest BCUT2D eigenvalue weighted by molar-refractivity contribution is 0.121. The van der Waals surface area contributed by atoms with Gasteiger partial charge in [-0.15, -0.1) is 0 Å². The van der Waals surface area contributed by atoms with E-state index in [2.05, 4.69) is 36.7 Å². The van der Waals surface area contributed by atoms with Crippen molar-refractivity contribution < 1.29 is 18.3 Å². The first-order valence-electron chi connectivity index (χ1n) is 12.6. The molecule has 1 aromatic heterocycles. The molecule has 2 aromatic carbocycles. The highest BCUT2D eigenvalue weighted by molar-refractivity contribution is 9.10. The number of imidazole rings is 1. The predicted molar refractivity (Wildman–Crippen MR) is 153 cm³/mol. The first kappa shape index (κ1) is 29.9. The molecule has 1 unspecified atom stereocenters. The van der Waals surface area contributed by atoms with Crippen molar-refractivity contribution in [2.45, 2.75) is 52.5 Å². The van der Waals surface area contributed by atoms with Gasteiger partial charge in [0.05, 0.1) is 11.7 Å². The number of nitrogens with zero attached hydrogens (tertiary/aromatic N) is 4. The van der Waals surface area contributed by atoms with Crippen LogP contribution in [0.3, 0.4) is 0 Å². The van der Waals surface area contributed by atoms with E-state index in [1.807, 2.05) is 54.6 Å². The zero-order chi connectivity index (χ0) is 28.1. The van der Waals surface area contributed by atoms with E-state index in [0.29, 0.717) is 18.5 Å². The third-order valence-corrected chi connectivity index (χ3v) is 9.06. The molecule has 0 saturated heterocycles. The zero-order valence-electron chi connectivity index (χ0n) is 22.6.